The van der Waals surface area contributed by atoms with E-state index < -0.39 is 0 Å². The van der Waals surface area contributed by atoms with E-state index in [-0.39, 0.29) is 5.91 Å². The van der Waals surface area contributed by atoms with Crippen LogP contribution >= 0.6 is 0 Å². The van der Waals surface area contributed by atoms with Gasteiger partial charge in [-0.05, 0) is 23.8 Å². The van der Waals surface area contributed by atoms with Crippen LogP contribution in [0.25, 0.3) is 10.8 Å². The van der Waals surface area contributed by atoms with Crippen LogP contribution in [-0.4, -0.2) is 51.7 Å². The van der Waals surface area contributed by atoms with E-state index in [2.05, 4.69) is 35.3 Å². The van der Waals surface area contributed by atoms with Crippen LogP contribution in [0.5, 0.6) is 0 Å². The van der Waals surface area contributed by atoms with Gasteiger partial charge in [0.25, 0.3) is 5.91 Å². The number of aryl methyl sites for hydroxylation is 2. The molecule has 0 spiro atoms. The summed E-state index contributed by atoms with van der Waals surface area (Å²) in [6.07, 6.45) is 2.09. The molecule has 0 atom stereocenters. The molecule has 134 valence electrons. The molecular weight excluding hydrogens is 324 g/mol. The van der Waals surface area contributed by atoms with Gasteiger partial charge >= 0.3 is 0 Å². The summed E-state index contributed by atoms with van der Waals surface area (Å²) in [5, 5.41) is 6.56. The number of hydrogen-bond donors (Lipinski definition) is 0. The quantitative estimate of drug-likeness (QED) is 0.731. The molecule has 26 heavy (non-hydrogen) atoms. The largest absolute Gasteiger partial charge is 0.336 e. The zero-order valence-electron chi connectivity index (χ0n) is 15.4. The SMILES string of the molecule is Cc1nn(C)cc1CN1CCN(C(=O)c2cccc3ccccc23)CC1. The van der Waals surface area contributed by atoms with Crippen molar-refractivity contribution in [1.82, 2.24) is 19.6 Å². The van der Waals surface area contributed by atoms with Gasteiger partial charge in [0.2, 0.25) is 0 Å². The molecular formula is C21H24N4O. The van der Waals surface area contributed by atoms with Gasteiger partial charge in [0.1, 0.15) is 0 Å². The zero-order valence-corrected chi connectivity index (χ0v) is 15.4. The first-order valence-corrected chi connectivity index (χ1v) is 9.10. The van der Waals surface area contributed by atoms with Crippen LogP contribution in [0.2, 0.25) is 0 Å². The predicted molar refractivity (Wildman–Crippen MR) is 103 cm³/mol. The lowest BCUT2D eigenvalue weighted by Crippen LogP contribution is -2.48. The van der Waals surface area contributed by atoms with E-state index in [0.717, 1.165) is 54.8 Å². The fourth-order valence-corrected chi connectivity index (χ4v) is 3.74. The van der Waals surface area contributed by atoms with Crippen molar-refractivity contribution in [3.8, 4) is 0 Å². The lowest BCUT2D eigenvalue weighted by atomic mass is 10.0. The standard InChI is InChI=1S/C21H24N4O/c1-16-18(14-23(2)22-16)15-24-10-12-25(13-11-24)21(26)20-9-5-7-17-6-3-4-8-19(17)20/h3-9,14H,10-13,15H2,1-2H3. The molecule has 2 aromatic carbocycles. The second-order valence-corrected chi connectivity index (χ2v) is 7.01. The Labute approximate surface area is 153 Å². The Hall–Kier alpha value is -2.66. The minimum absolute atomic E-state index is 0.138. The van der Waals surface area contributed by atoms with Crippen molar-refractivity contribution < 1.29 is 4.79 Å². The summed E-state index contributed by atoms with van der Waals surface area (Å²) in [6, 6.07) is 14.1. The Bertz CT molecular complexity index is 933. The van der Waals surface area contributed by atoms with Crippen LogP contribution in [0.3, 0.4) is 0 Å². The monoisotopic (exact) mass is 348 g/mol. The van der Waals surface area contributed by atoms with Gasteiger partial charge in [-0.3, -0.25) is 14.4 Å². The number of fused-ring (bicyclic) bond motifs is 1. The minimum atomic E-state index is 0.138. The number of hydrogen-bond acceptors (Lipinski definition) is 3. The molecule has 0 bridgehead atoms. The van der Waals surface area contributed by atoms with Crippen LogP contribution in [0.1, 0.15) is 21.6 Å². The number of carbonyl (C=O) groups is 1. The van der Waals surface area contributed by atoms with Crippen molar-refractivity contribution in [1.29, 1.82) is 0 Å². The maximum Gasteiger partial charge on any atom is 0.254 e. The molecule has 0 radical (unpaired) electrons. The predicted octanol–water partition coefficient (Wildman–Crippen LogP) is 2.84. The van der Waals surface area contributed by atoms with E-state index in [1.807, 2.05) is 47.0 Å². The van der Waals surface area contributed by atoms with Gasteiger partial charge in [0.15, 0.2) is 0 Å². The molecule has 2 heterocycles. The summed E-state index contributed by atoms with van der Waals surface area (Å²) < 4.78 is 1.87. The van der Waals surface area contributed by atoms with E-state index in [1.54, 1.807) is 0 Å². The normalized spacial score (nSPS) is 15.5. The summed E-state index contributed by atoms with van der Waals surface area (Å²) in [4.78, 5) is 17.4. The molecule has 1 amide bonds. The van der Waals surface area contributed by atoms with Gasteiger partial charge in [0, 0.05) is 57.1 Å². The van der Waals surface area contributed by atoms with Crippen LogP contribution in [-0.2, 0) is 13.6 Å². The molecule has 0 saturated carbocycles. The summed E-state index contributed by atoms with van der Waals surface area (Å²) >= 11 is 0. The molecule has 3 aromatic rings. The van der Waals surface area contributed by atoms with Crippen LogP contribution < -0.4 is 0 Å². The zero-order chi connectivity index (χ0) is 18.1. The fraction of sp³-hybridized carbons (Fsp3) is 0.333. The third-order valence-corrected chi connectivity index (χ3v) is 5.19. The molecule has 0 unspecified atom stereocenters. The molecule has 4 rings (SSSR count). The van der Waals surface area contributed by atoms with Gasteiger partial charge in [-0.1, -0.05) is 36.4 Å². The first kappa shape index (κ1) is 16.8. The summed E-state index contributed by atoms with van der Waals surface area (Å²) in [5.41, 5.74) is 3.16. The van der Waals surface area contributed by atoms with Crippen molar-refractivity contribution in [3.05, 3.63) is 65.5 Å². The Morgan fingerprint density at radius 2 is 1.77 bits per heavy atom. The molecule has 1 aliphatic heterocycles. The highest BCUT2D eigenvalue weighted by Gasteiger charge is 2.23. The summed E-state index contributed by atoms with van der Waals surface area (Å²) in [5.74, 6) is 0.138. The number of rotatable bonds is 3. The molecule has 5 nitrogen and oxygen atoms in total. The Kier molecular flexibility index (Phi) is 4.47. The summed E-state index contributed by atoms with van der Waals surface area (Å²) in [7, 11) is 1.96. The molecule has 5 heteroatoms. The van der Waals surface area contributed by atoms with Crippen molar-refractivity contribution in [3.63, 3.8) is 0 Å². The maximum atomic E-state index is 13.0. The van der Waals surface area contributed by atoms with E-state index >= 15 is 0 Å². The third-order valence-electron chi connectivity index (χ3n) is 5.19. The lowest BCUT2D eigenvalue weighted by molar-refractivity contribution is 0.0630. The second-order valence-electron chi connectivity index (χ2n) is 7.01. The van der Waals surface area contributed by atoms with E-state index in [4.69, 9.17) is 0 Å². The molecule has 1 aromatic heterocycles. The second kappa shape index (κ2) is 6.92. The summed E-state index contributed by atoms with van der Waals surface area (Å²) in [6.45, 7) is 6.27. The van der Waals surface area contributed by atoms with Gasteiger partial charge in [-0.25, -0.2) is 0 Å². The molecule has 0 aliphatic carbocycles. The van der Waals surface area contributed by atoms with Crippen molar-refractivity contribution in [2.24, 2.45) is 7.05 Å². The fourth-order valence-electron chi connectivity index (χ4n) is 3.74. The highest BCUT2D eigenvalue weighted by atomic mass is 16.2. The lowest BCUT2D eigenvalue weighted by Gasteiger charge is -2.34. The highest BCUT2D eigenvalue weighted by Crippen LogP contribution is 2.21. The first-order valence-electron chi connectivity index (χ1n) is 9.10. The van der Waals surface area contributed by atoms with Crippen LogP contribution in [0.4, 0.5) is 0 Å². The highest BCUT2D eigenvalue weighted by molar-refractivity contribution is 6.07. The van der Waals surface area contributed by atoms with Crippen molar-refractivity contribution >= 4 is 16.7 Å². The number of nitrogens with zero attached hydrogens (tertiary/aromatic N) is 4. The van der Waals surface area contributed by atoms with Gasteiger partial charge in [0.05, 0.1) is 5.69 Å². The molecule has 1 aliphatic rings. The van der Waals surface area contributed by atoms with Crippen molar-refractivity contribution in [2.45, 2.75) is 13.5 Å². The molecule has 0 N–H and O–H groups in total. The van der Waals surface area contributed by atoms with Gasteiger partial charge in [-0.15, -0.1) is 0 Å². The van der Waals surface area contributed by atoms with Gasteiger partial charge in [-0.2, -0.15) is 5.10 Å². The topological polar surface area (TPSA) is 41.4 Å². The minimum Gasteiger partial charge on any atom is -0.336 e. The van der Waals surface area contributed by atoms with Crippen LogP contribution in [0, 0.1) is 6.92 Å². The van der Waals surface area contributed by atoms with Crippen molar-refractivity contribution in [2.75, 3.05) is 26.2 Å². The molecule has 1 saturated heterocycles. The number of amides is 1. The Morgan fingerprint density at radius 3 is 2.50 bits per heavy atom. The smallest absolute Gasteiger partial charge is 0.254 e. The average Bonchev–Trinajstić information content (AvgIpc) is 2.98. The molecule has 1 fully saturated rings. The Morgan fingerprint density at radius 1 is 1.04 bits per heavy atom. The van der Waals surface area contributed by atoms with E-state index in [9.17, 15) is 4.79 Å². The van der Waals surface area contributed by atoms with Crippen LogP contribution in [0.15, 0.2) is 48.7 Å². The first-order chi connectivity index (χ1) is 12.6. The number of aromatic nitrogens is 2. The third kappa shape index (κ3) is 3.22. The number of carbonyl (C=O) groups excluding carboxylic acids is 1. The number of benzene rings is 2. The number of piperazine rings is 1. The average molecular weight is 348 g/mol. The van der Waals surface area contributed by atoms with E-state index in [1.165, 1.54) is 5.56 Å². The maximum absolute atomic E-state index is 13.0. The van der Waals surface area contributed by atoms with Gasteiger partial charge < -0.3 is 4.90 Å². The Balaban J connectivity index is 1.44. The van der Waals surface area contributed by atoms with E-state index in [0.29, 0.717) is 0 Å².